The van der Waals surface area contributed by atoms with Gasteiger partial charge in [-0.05, 0) is 18.9 Å². The zero-order valence-electron chi connectivity index (χ0n) is 9.37. The van der Waals surface area contributed by atoms with Gasteiger partial charge in [0.1, 0.15) is 0 Å². The van der Waals surface area contributed by atoms with Crippen LogP contribution in [0.3, 0.4) is 0 Å². The second kappa shape index (κ2) is 4.07. The Kier molecular flexibility index (Phi) is 2.87. The van der Waals surface area contributed by atoms with Gasteiger partial charge in [-0.25, -0.2) is 8.78 Å². The predicted octanol–water partition coefficient (Wildman–Crippen LogP) is 1.50. The van der Waals surface area contributed by atoms with Crippen molar-refractivity contribution in [1.29, 1.82) is 0 Å². The van der Waals surface area contributed by atoms with E-state index in [9.17, 15) is 13.6 Å². The van der Waals surface area contributed by atoms with E-state index in [1.165, 1.54) is 19.2 Å². The molecule has 1 aliphatic rings. The van der Waals surface area contributed by atoms with Crippen molar-refractivity contribution in [3.63, 3.8) is 0 Å². The van der Waals surface area contributed by atoms with E-state index in [0.29, 0.717) is 0 Å². The summed E-state index contributed by atoms with van der Waals surface area (Å²) in [5, 5.41) is 0. The van der Waals surface area contributed by atoms with E-state index in [0.717, 1.165) is 6.07 Å². The Morgan fingerprint density at radius 1 is 1.47 bits per heavy atom. The lowest BCUT2D eigenvalue weighted by Gasteiger charge is -2.43. The Bertz CT molecular complexity index is 456. The maximum absolute atomic E-state index is 13.7. The first-order chi connectivity index (χ1) is 8.01. The number of methoxy groups -OCH3 is 1. The zero-order valence-corrected chi connectivity index (χ0v) is 9.37. The number of esters is 1. The Hall–Kier alpha value is -1.49. The minimum atomic E-state index is -1.12. The molecular weight excluding hydrogens is 228 g/mol. The molecule has 1 aromatic carbocycles. The van der Waals surface area contributed by atoms with Crippen LogP contribution >= 0.6 is 0 Å². The van der Waals surface area contributed by atoms with Crippen LogP contribution in [-0.2, 0) is 14.9 Å². The molecule has 1 aliphatic carbocycles. The van der Waals surface area contributed by atoms with Crippen LogP contribution in [0.4, 0.5) is 8.78 Å². The molecule has 0 heterocycles. The van der Waals surface area contributed by atoms with Crippen LogP contribution < -0.4 is 5.73 Å². The number of hydrogen-bond acceptors (Lipinski definition) is 3. The summed E-state index contributed by atoms with van der Waals surface area (Å²) in [5.41, 5.74) is 4.56. The van der Waals surface area contributed by atoms with E-state index >= 15 is 0 Å². The quantitative estimate of drug-likeness (QED) is 0.798. The van der Waals surface area contributed by atoms with Gasteiger partial charge >= 0.3 is 5.97 Å². The van der Waals surface area contributed by atoms with Crippen LogP contribution in [0.25, 0.3) is 0 Å². The van der Waals surface area contributed by atoms with Gasteiger partial charge < -0.3 is 10.5 Å². The summed E-state index contributed by atoms with van der Waals surface area (Å²) in [6.07, 6.45) is 0.556. The van der Waals surface area contributed by atoms with Crippen LogP contribution in [0.15, 0.2) is 18.2 Å². The fraction of sp³-hybridized carbons (Fsp3) is 0.417. The largest absolute Gasteiger partial charge is 0.468 e. The molecule has 1 aromatic rings. The second-order valence-corrected chi connectivity index (χ2v) is 4.34. The lowest BCUT2D eigenvalue weighted by molar-refractivity contribution is -0.152. The molecule has 1 saturated carbocycles. The third-order valence-corrected chi connectivity index (χ3v) is 3.26. The van der Waals surface area contributed by atoms with E-state index in [1.807, 2.05) is 0 Å². The number of carbonyl (C=O) groups excluding carboxylic acids is 1. The highest BCUT2D eigenvalue weighted by Crippen LogP contribution is 2.45. The highest BCUT2D eigenvalue weighted by Gasteiger charge is 2.52. The van der Waals surface area contributed by atoms with Gasteiger partial charge in [0.25, 0.3) is 0 Å². The number of hydrogen-bond donors (Lipinski definition) is 1. The minimum Gasteiger partial charge on any atom is -0.468 e. The molecule has 1 fully saturated rings. The smallest absolute Gasteiger partial charge is 0.316 e. The third kappa shape index (κ3) is 1.70. The van der Waals surface area contributed by atoms with Gasteiger partial charge in [-0.2, -0.15) is 0 Å². The van der Waals surface area contributed by atoms with E-state index < -0.39 is 23.0 Å². The summed E-state index contributed by atoms with van der Waals surface area (Å²) in [6.45, 7) is 0. The molecule has 2 N–H and O–H groups in total. The van der Waals surface area contributed by atoms with Crippen molar-refractivity contribution < 1.29 is 18.3 Å². The maximum atomic E-state index is 13.7. The lowest BCUT2D eigenvalue weighted by atomic mass is 9.61. The monoisotopic (exact) mass is 241 g/mol. The molecule has 0 saturated heterocycles. The molecule has 0 aliphatic heterocycles. The van der Waals surface area contributed by atoms with Crippen molar-refractivity contribution in [1.82, 2.24) is 0 Å². The fourth-order valence-corrected chi connectivity index (χ4v) is 2.40. The summed E-state index contributed by atoms with van der Waals surface area (Å²) in [5.74, 6) is -2.53. The predicted molar refractivity (Wildman–Crippen MR) is 57.3 cm³/mol. The average molecular weight is 241 g/mol. The standard InChI is InChI=1S/C12H13F2NO2/c1-17-11(16)12(5-7(15)6-12)8-3-2-4-9(13)10(8)14/h2-4,7H,5-6,15H2,1H3. The number of halogens is 2. The van der Waals surface area contributed by atoms with Gasteiger partial charge in [-0.15, -0.1) is 0 Å². The molecule has 17 heavy (non-hydrogen) atoms. The van der Waals surface area contributed by atoms with Gasteiger partial charge in [0.15, 0.2) is 11.6 Å². The third-order valence-electron chi connectivity index (χ3n) is 3.26. The van der Waals surface area contributed by atoms with Gasteiger partial charge in [-0.1, -0.05) is 12.1 Å². The van der Waals surface area contributed by atoms with Crippen molar-refractivity contribution in [3.05, 3.63) is 35.4 Å². The Balaban J connectivity index is 2.48. The molecule has 0 atom stereocenters. The molecule has 0 radical (unpaired) electrons. The van der Waals surface area contributed by atoms with Crippen LogP contribution in [0.1, 0.15) is 18.4 Å². The first-order valence-electron chi connectivity index (χ1n) is 5.30. The molecule has 0 spiro atoms. The maximum Gasteiger partial charge on any atom is 0.316 e. The van der Waals surface area contributed by atoms with Crippen LogP contribution in [0.5, 0.6) is 0 Å². The van der Waals surface area contributed by atoms with Crippen LogP contribution in [0.2, 0.25) is 0 Å². The molecule has 2 rings (SSSR count). The molecule has 0 bridgehead atoms. The van der Waals surface area contributed by atoms with Gasteiger partial charge in [0.2, 0.25) is 0 Å². The van der Waals surface area contributed by atoms with Crippen LogP contribution in [-0.4, -0.2) is 19.1 Å². The normalized spacial score (nSPS) is 27.4. The molecule has 5 heteroatoms. The Labute approximate surface area is 97.6 Å². The Morgan fingerprint density at radius 2 is 2.12 bits per heavy atom. The summed E-state index contributed by atoms with van der Waals surface area (Å²) in [7, 11) is 1.23. The molecule has 0 unspecified atom stereocenters. The van der Waals surface area contributed by atoms with E-state index in [4.69, 9.17) is 5.73 Å². The van der Waals surface area contributed by atoms with Gasteiger partial charge in [-0.3, -0.25) is 4.79 Å². The summed E-state index contributed by atoms with van der Waals surface area (Å²) in [6, 6.07) is 3.61. The highest BCUT2D eigenvalue weighted by molar-refractivity contribution is 5.84. The van der Waals surface area contributed by atoms with Gasteiger partial charge in [0.05, 0.1) is 12.5 Å². The molecule has 0 amide bonds. The van der Waals surface area contributed by atoms with E-state index in [-0.39, 0.29) is 24.4 Å². The van der Waals surface area contributed by atoms with E-state index in [2.05, 4.69) is 4.74 Å². The van der Waals surface area contributed by atoms with Crippen molar-refractivity contribution >= 4 is 5.97 Å². The number of ether oxygens (including phenoxy) is 1. The highest BCUT2D eigenvalue weighted by atomic mass is 19.2. The van der Waals surface area contributed by atoms with Crippen molar-refractivity contribution in [2.75, 3.05) is 7.11 Å². The molecule has 0 aromatic heterocycles. The summed E-state index contributed by atoms with van der Waals surface area (Å²) >= 11 is 0. The average Bonchev–Trinajstić information content (AvgIpc) is 2.27. The molecular formula is C12H13F2NO2. The first kappa shape index (κ1) is 12.0. The van der Waals surface area contributed by atoms with Crippen molar-refractivity contribution in [3.8, 4) is 0 Å². The number of nitrogens with two attached hydrogens (primary N) is 1. The minimum absolute atomic E-state index is 0.0334. The van der Waals surface area contributed by atoms with Crippen LogP contribution in [0, 0.1) is 11.6 Å². The van der Waals surface area contributed by atoms with Crippen molar-refractivity contribution in [2.24, 2.45) is 5.73 Å². The topological polar surface area (TPSA) is 52.3 Å². The van der Waals surface area contributed by atoms with Crippen molar-refractivity contribution in [2.45, 2.75) is 24.3 Å². The summed E-state index contributed by atoms with van der Waals surface area (Å²) < 4.78 is 31.6. The SMILES string of the molecule is COC(=O)C1(c2cccc(F)c2F)CC(N)C1. The number of benzene rings is 1. The zero-order chi connectivity index (χ0) is 12.6. The van der Waals surface area contributed by atoms with Gasteiger partial charge in [0, 0.05) is 11.6 Å². The lowest BCUT2D eigenvalue weighted by Crippen LogP contribution is -2.55. The Morgan fingerprint density at radius 3 is 2.65 bits per heavy atom. The summed E-state index contributed by atoms with van der Waals surface area (Å²) in [4.78, 5) is 11.8. The molecule has 92 valence electrons. The number of rotatable bonds is 2. The molecule has 3 nitrogen and oxygen atoms in total. The fourth-order valence-electron chi connectivity index (χ4n) is 2.40. The van der Waals surface area contributed by atoms with E-state index in [1.54, 1.807) is 0 Å². The number of carbonyl (C=O) groups is 1. The first-order valence-corrected chi connectivity index (χ1v) is 5.30. The second-order valence-electron chi connectivity index (χ2n) is 4.34.